The van der Waals surface area contributed by atoms with Crippen LogP contribution in [-0.2, 0) is 25.6 Å². The Kier molecular flexibility index (Phi) is 13.8. The highest BCUT2D eigenvalue weighted by molar-refractivity contribution is 6.30. The van der Waals surface area contributed by atoms with Gasteiger partial charge in [-0.25, -0.2) is 0 Å². The Labute approximate surface area is 290 Å². The summed E-state index contributed by atoms with van der Waals surface area (Å²) in [5, 5.41) is 14.3. The van der Waals surface area contributed by atoms with Gasteiger partial charge in [0.2, 0.25) is 23.6 Å². The highest BCUT2D eigenvalue weighted by Gasteiger charge is 2.31. The summed E-state index contributed by atoms with van der Waals surface area (Å²) < 4.78 is 11.5. The Morgan fingerprint density at radius 2 is 1.63 bits per heavy atom. The van der Waals surface area contributed by atoms with Gasteiger partial charge in [-0.05, 0) is 54.3 Å². The maximum absolute atomic E-state index is 13.6. The quantitative estimate of drug-likeness (QED) is 0.227. The zero-order valence-electron chi connectivity index (χ0n) is 27.5. The zero-order chi connectivity index (χ0) is 35.2. The minimum atomic E-state index is -1.30. The summed E-state index contributed by atoms with van der Waals surface area (Å²) >= 11 is 5.92. The molecule has 12 nitrogen and oxygen atoms in total. The predicted octanol–water partition coefficient (Wildman–Crippen LogP) is 2.79. The van der Waals surface area contributed by atoms with Crippen molar-refractivity contribution in [1.82, 2.24) is 26.6 Å². The normalized spacial score (nSPS) is 19.5. The van der Waals surface area contributed by atoms with Crippen LogP contribution in [0.4, 0.5) is 0 Å². The van der Waals surface area contributed by atoms with Crippen LogP contribution in [0.1, 0.15) is 42.6 Å². The molecule has 260 valence electrons. The molecule has 1 heterocycles. The van der Waals surface area contributed by atoms with Gasteiger partial charge in [-0.1, -0.05) is 67.9 Å². The monoisotopic (exact) mass is 691 g/mol. The SMILES string of the molecule is CC(C)[C@H]1NC(=O)C[C@@H](C(=O)NCCOc2ccc(Cl)cc2)NC(=O)c2ccccc2OCCCNC(=O)[C@H](Cc2ccccc2)NC1=O. The Morgan fingerprint density at radius 1 is 0.918 bits per heavy atom. The molecule has 3 atom stereocenters. The number of fused-ring (bicyclic) bond motifs is 1. The molecule has 0 unspecified atom stereocenters. The Bertz CT molecular complexity index is 1590. The fourth-order valence-corrected chi connectivity index (χ4v) is 5.21. The van der Waals surface area contributed by atoms with Crippen molar-refractivity contribution in [2.45, 2.75) is 51.2 Å². The van der Waals surface area contributed by atoms with Crippen molar-refractivity contribution in [2.75, 3.05) is 26.3 Å². The maximum atomic E-state index is 13.6. The third-order valence-electron chi connectivity index (χ3n) is 7.69. The van der Waals surface area contributed by atoms with E-state index < -0.39 is 48.2 Å². The minimum absolute atomic E-state index is 0.0804. The summed E-state index contributed by atoms with van der Waals surface area (Å²) in [6.07, 6.45) is 0.182. The molecule has 13 heteroatoms. The second-order valence-electron chi connectivity index (χ2n) is 11.9. The zero-order valence-corrected chi connectivity index (χ0v) is 28.3. The third-order valence-corrected chi connectivity index (χ3v) is 7.94. The average Bonchev–Trinajstić information content (AvgIpc) is 3.09. The lowest BCUT2D eigenvalue weighted by atomic mass is 10.0. The van der Waals surface area contributed by atoms with Crippen LogP contribution in [0.2, 0.25) is 5.02 Å². The van der Waals surface area contributed by atoms with Crippen LogP contribution in [0, 0.1) is 5.92 Å². The van der Waals surface area contributed by atoms with E-state index in [2.05, 4.69) is 26.6 Å². The van der Waals surface area contributed by atoms with Crippen molar-refractivity contribution in [3.63, 3.8) is 0 Å². The number of rotatable bonds is 8. The highest BCUT2D eigenvalue weighted by Crippen LogP contribution is 2.19. The van der Waals surface area contributed by atoms with Crippen LogP contribution in [0.25, 0.3) is 0 Å². The second-order valence-corrected chi connectivity index (χ2v) is 12.3. The van der Waals surface area contributed by atoms with E-state index in [1.807, 2.05) is 30.3 Å². The van der Waals surface area contributed by atoms with Crippen molar-refractivity contribution in [3.05, 3.63) is 95.0 Å². The van der Waals surface area contributed by atoms with Gasteiger partial charge in [-0.3, -0.25) is 24.0 Å². The molecule has 49 heavy (non-hydrogen) atoms. The molecule has 1 aliphatic rings. The second kappa shape index (κ2) is 18.4. The first kappa shape index (κ1) is 36.7. The van der Waals surface area contributed by atoms with E-state index in [9.17, 15) is 24.0 Å². The smallest absolute Gasteiger partial charge is 0.255 e. The summed E-state index contributed by atoms with van der Waals surface area (Å²) in [6.45, 7) is 4.14. The number of para-hydroxylation sites is 1. The molecule has 0 spiro atoms. The number of carbonyl (C=O) groups is 5. The summed E-state index contributed by atoms with van der Waals surface area (Å²) in [5.74, 6) is -2.38. The largest absolute Gasteiger partial charge is 0.493 e. The van der Waals surface area contributed by atoms with Crippen LogP contribution in [0.15, 0.2) is 78.9 Å². The molecular weight excluding hydrogens is 650 g/mol. The number of hydrogen-bond donors (Lipinski definition) is 5. The van der Waals surface area contributed by atoms with Gasteiger partial charge in [-0.2, -0.15) is 0 Å². The van der Waals surface area contributed by atoms with Crippen LogP contribution in [-0.4, -0.2) is 74.0 Å². The Morgan fingerprint density at radius 3 is 2.37 bits per heavy atom. The van der Waals surface area contributed by atoms with Gasteiger partial charge in [0, 0.05) is 18.0 Å². The molecule has 0 radical (unpaired) electrons. The van der Waals surface area contributed by atoms with Crippen molar-refractivity contribution in [3.8, 4) is 11.5 Å². The molecule has 0 saturated heterocycles. The van der Waals surface area contributed by atoms with E-state index in [1.54, 1.807) is 62.4 Å². The summed E-state index contributed by atoms with van der Waals surface area (Å²) in [4.78, 5) is 67.1. The number of hydrogen-bond acceptors (Lipinski definition) is 7. The van der Waals surface area contributed by atoms with Crippen LogP contribution in [0.5, 0.6) is 11.5 Å². The molecule has 5 N–H and O–H groups in total. The first-order valence-electron chi connectivity index (χ1n) is 16.2. The molecule has 0 aromatic heterocycles. The lowest BCUT2D eigenvalue weighted by Gasteiger charge is -2.26. The lowest BCUT2D eigenvalue weighted by molar-refractivity contribution is -0.133. The minimum Gasteiger partial charge on any atom is -0.493 e. The highest BCUT2D eigenvalue weighted by atomic mass is 35.5. The topological polar surface area (TPSA) is 164 Å². The Hall–Kier alpha value is -5.10. The number of carbonyl (C=O) groups excluding carboxylic acids is 5. The van der Waals surface area contributed by atoms with E-state index in [4.69, 9.17) is 21.1 Å². The predicted molar refractivity (Wildman–Crippen MR) is 184 cm³/mol. The molecule has 0 fully saturated rings. The molecule has 3 aromatic carbocycles. The van der Waals surface area contributed by atoms with Crippen LogP contribution >= 0.6 is 11.6 Å². The molecule has 0 aliphatic carbocycles. The summed E-state index contributed by atoms with van der Waals surface area (Å²) in [7, 11) is 0. The van der Waals surface area contributed by atoms with Crippen LogP contribution in [0.3, 0.4) is 0 Å². The third kappa shape index (κ3) is 11.5. The Balaban J connectivity index is 1.54. The van der Waals surface area contributed by atoms with Crippen molar-refractivity contribution < 1.29 is 33.4 Å². The van der Waals surface area contributed by atoms with Gasteiger partial charge in [0.15, 0.2) is 0 Å². The van der Waals surface area contributed by atoms with E-state index >= 15 is 0 Å². The molecule has 1 aliphatic heterocycles. The first-order valence-corrected chi connectivity index (χ1v) is 16.6. The standard InChI is InChI=1S/C36H42ClN5O7/c1-23(2)32-36(47)41-28(21-24-9-4-3-5-10-24)34(45)38-17-8-19-49-30-12-7-6-11-27(30)33(44)40-29(22-31(43)42-32)35(46)39-18-20-48-26-15-13-25(37)14-16-26/h3-7,9-16,23,28-29,32H,8,17-22H2,1-2H3,(H,38,45)(H,39,46)(H,40,44)(H,41,47)(H,42,43)/t28-,29-,32+/m0/s1. The number of nitrogens with one attached hydrogen (secondary N) is 5. The number of halogens is 1. The van der Waals surface area contributed by atoms with Gasteiger partial charge in [-0.15, -0.1) is 0 Å². The maximum Gasteiger partial charge on any atom is 0.255 e. The summed E-state index contributed by atoms with van der Waals surface area (Å²) in [5.41, 5.74) is 1.01. The van der Waals surface area contributed by atoms with E-state index in [-0.39, 0.29) is 55.9 Å². The molecule has 5 amide bonds. The number of amides is 5. The molecule has 0 bridgehead atoms. The van der Waals surface area contributed by atoms with Gasteiger partial charge in [0.1, 0.15) is 36.2 Å². The number of benzene rings is 3. The van der Waals surface area contributed by atoms with E-state index in [0.717, 1.165) is 5.56 Å². The van der Waals surface area contributed by atoms with Gasteiger partial charge in [0.25, 0.3) is 5.91 Å². The molecule has 0 saturated carbocycles. The lowest BCUT2D eigenvalue weighted by Crippen LogP contribution is -2.57. The van der Waals surface area contributed by atoms with E-state index in [1.165, 1.54) is 0 Å². The summed E-state index contributed by atoms with van der Waals surface area (Å²) in [6, 6.07) is 19.3. The fraction of sp³-hybridized carbons (Fsp3) is 0.361. The molecule has 3 aromatic rings. The van der Waals surface area contributed by atoms with Crippen molar-refractivity contribution >= 4 is 41.1 Å². The molecule has 4 rings (SSSR count). The first-order chi connectivity index (χ1) is 23.6. The number of ether oxygens (including phenoxy) is 2. The fourth-order valence-electron chi connectivity index (χ4n) is 5.08. The van der Waals surface area contributed by atoms with E-state index in [0.29, 0.717) is 17.2 Å². The molecular formula is C36H42ClN5O7. The van der Waals surface area contributed by atoms with Crippen molar-refractivity contribution in [1.29, 1.82) is 0 Å². The average molecular weight is 692 g/mol. The van der Waals surface area contributed by atoms with Gasteiger partial charge < -0.3 is 36.1 Å². The van der Waals surface area contributed by atoms with Gasteiger partial charge in [0.05, 0.1) is 25.1 Å². The van der Waals surface area contributed by atoms with Crippen LogP contribution < -0.4 is 36.1 Å². The van der Waals surface area contributed by atoms with Gasteiger partial charge >= 0.3 is 0 Å². The van der Waals surface area contributed by atoms with Crippen molar-refractivity contribution in [2.24, 2.45) is 5.92 Å².